The third-order valence-electron chi connectivity index (χ3n) is 6.62. The third kappa shape index (κ3) is 2.40. The van der Waals surface area contributed by atoms with Crippen molar-refractivity contribution in [2.24, 2.45) is 17.8 Å². The first-order valence-electron chi connectivity index (χ1n) is 9.32. The predicted molar refractivity (Wildman–Crippen MR) is 97.2 cm³/mol. The molecule has 2 N–H and O–H groups in total. The Balaban J connectivity index is 1.37. The predicted octanol–water partition coefficient (Wildman–Crippen LogP) is 5.53. The molecule has 0 atom stereocenters. The van der Waals surface area contributed by atoms with Crippen molar-refractivity contribution in [1.82, 2.24) is 0 Å². The largest absolute Gasteiger partial charge is 0.457 e. The summed E-state index contributed by atoms with van der Waals surface area (Å²) in [5, 5.41) is 0. The van der Waals surface area contributed by atoms with Crippen LogP contribution in [-0.2, 0) is 5.41 Å². The smallest absolute Gasteiger partial charge is 0.127 e. The van der Waals surface area contributed by atoms with Crippen molar-refractivity contribution in [3.05, 3.63) is 54.1 Å². The van der Waals surface area contributed by atoms with E-state index in [1.54, 1.807) is 5.56 Å². The molecule has 0 spiro atoms. The Morgan fingerprint density at radius 3 is 1.67 bits per heavy atom. The Bertz CT molecular complexity index is 696. The second-order valence-electron chi connectivity index (χ2n) is 8.39. The molecule has 2 aromatic carbocycles. The highest BCUT2D eigenvalue weighted by Gasteiger charge is 2.51. The van der Waals surface area contributed by atoms with Gasteiger partial charge < -0.3 is 10.5 Å². The first-order chi connectivity index (χ1) is 11.7. The van der Waals surface area contributed by atoms with E-state index in [1.807, 2.05) is 24.3 Å². The van der Waals surface area contributed by atoms with Crippen LogP contribution in [0.4, 0.5) is 5.69 Å². The van der Waals surface area contributed by atoms with Gasteiger partial charge in [0.2, 0.25) is 0 Å². The molecule has 0 heterocycles. The van der Waals surface area contributed by atoms with Gasteiger partial charge in [-0.1, -0.05) is 12.1 Å². The zero-order valence-corrected chi connectivity index (χ0v) is 14.1. The lowest BCUT2D eigenvalue weighted by Gasteiger charge is -2.57. The summed E-state index contributed by atoms with van der Waals surface area (Å²) in [6, 6.07) is 16.5. The highest BCUT2D eigenvalue weighted by Crippen LogP contribution is 2.60. The van der Waals surface area contributed by atoms with Crippen LogP contribution in [0.5, 0.6) is 11.5 Å². The summed E-state index contributed by atoms with van der Waals surface area (Å²) in [4.78, 5) is 0. The van der Waals surface area contributed by atoms with Gasteiger partial charge in [0.05, 0.1) is 0 Å². The van der Waals surface area contributed by atoms with Crippen molar-refractivity contribution in [2.45, 2.75) is 43.9 Å². The van der Waals surface area contributed by atoms with Crippen LogP contribution in [0.1, 0.15) is 44.1 Å². The maximum atomic E-state index is 5.95. The molecule has 0 aliphatic heterocycles. The van der Waals surface area contributed by atoms with Crippen LogP contribution in [0, 0.1) is 17.8 Å². The van der Waals surface area contributed by atoms with Crippen LogP contribution in [0.15, 0.2) is 48.5 Å². The average Bonchev–Trinajstić information content (AvgIpc) is 2.56. The van der Waals surface area contributed by atoms with Gasteiger partial charge in [-0.2, -0.15) is 0 Å². The molecular weight excluding hydrogens is 294 g/mol. The molecule has 124 valence electrons. The molecular formula is C22H25NO. The Kier molecular flexibility index (Phi) is 3.16. The van der Waals surface area contributed by atoms with Crippen molar-refractivity contribution >= 4 is 5.69 Å². The molecule has 4 saturated carbocycles. The van der Waals surface area contributed by atoms with E-state index in [0.717, 1.165) is 34.9 Å². The van der Waals surface area contributed by atoms with Gasteiger partial charge in [0.15, 0.2) is 0 Å². The number of ether oxygens (including phenoxy) is 1. The van der Waals surface area contributed by atoms with Gasteiger partial charge in [-0.3, -0.25) is 0 Å². The van der Waals surface area contributed by atoms with Crippen LogP contribution in [0.25, 0.3) is 0 Å². The summed E-state index contributed by atoms with van der Waals surface area (Å²) in [5.41, 5.74) is 8.51. The number of benzene rings is 2. The number of nitrogens with two attached hydrogens (primary N) is 1. The molecule has 2 heteroatoms. The van der Waals surface area contributed by atoms with Gasteiger partial charge in [0.1, 0.15) is 11.5 Å². The minimum Gasteiger partial charge on any atom is -0.457 e. The minimum absolute atomic E-state index is 0.467. The maximum absolute atomic E-state index is 5.95. The molecule has 4 aliphatic rings. The molecule has 0 amide bonds. The molecule has 24 heavy (non-hydrogen) atoms. The fourth-order valence-electron chi connectivity index (χ4n) is 6.01. The summed E-state index contributed by atoms with van der Waals surface area (Å²) in [5.74, 6) is 4.71. The van der Waals surface area contributed by atoms with Crippen LogP contribution >= 0.6 is 0 Å². The Morgan fingerprint density at radius 2 is 1.17 bits per heavy atom. The van der Waals surface area contributed by atoms with Gasteiger partial charge in [0.25, 0.3) is 0 Å². The maximum Gasteiger partial charge on any atom is 0.127 e. The normalized spacial score (nSPS) is 33.6. The highest BCUT2D eigenvalue weighted by atomic mass is 16.5. The summed E-state index contributed by atoms with van der Waals surface area (Å²) >= 11 is 0. The molecule has 6 rings (SSSR count). The molecule has 4 aliphatic carbocycles. The lowest BCUT2D eigenvalue weighted by atomic mass is 9.48. The molecule has 0 saturated heterocycles. The highest BCUT2D eigenvalue weighted by molar-refractivity contribution is 5.43. The molecule has 4 bridgehead atoms. The number of rotatable bonds is 3. The molecule has 0 radical (unpaired) electrons. The van der Waals surface area contributed by atoms with Crippen LogP contribution in [-0.4, -0.2) is 0 Å². The topological polar surface area (TPSA) is 35.2 Å². The van der Waals surface area contributed by atoms with E-state index in [2.05, 4.69) is 24.3 Å². The van der Waals surface area contributed by atoms with E-state index in [1.165, 1.54) is 38.5 Å². The van der Waals surface area contributed by atoms with Crippen molar-refractivity contribution in [3.63, 3.8) is 0 Å². The first kappa shape index (κ1) is 14.4. The fraction of sp³-hybridized carbons (Fsp3) is 0.455. The van der Waals surface area contributed by atoms with Crippen molar-refractivity contribution in [2.75, 3.05) is 5.73 Å². The standard InChI is InChI=1S/C22H25NO/c23-19-3-7-21(8-4-19)24-20-5-1-18(2-6-20)22-12-15-9-16(13-22)11-17(10-15)14-22/h1-8,15-17H,9-14,23H2/t15-,16-,17-,22?. The zero-order valence-electron chi connectivity index (χ0n) is 14.1. The Morgan fingerprint density at radius 1 is 0.708 bits per heavy atom. The molecule has 2 nitrogen and oxygen atoms in total. The van der Waals surface area contributed by atoms with Gasteiger partial charge in [0, 0.05) is 5.69 Å². The number of anilines is 1. The van der Waals surface area contributed by atoms with Crippen LogP contribution in [0.3, 0.4) is 0 Å². The SMILES string of the molecule is Nc1ccc(Oc2ccc(C34C[C@H]5C[C@H](C3)C[C@@H](C4)C5)cc2)cc1. The molecule has 0 aromatic heterocycles. The van der Waals surface area contributed by atoms with E-state index in [9.17, 15) is 0 Å². The van der Waals surface area contributed by atoms with Gasteiger partial charge in [-0.05, 0) is 104 Å². The van der Waals surface area contributed by atoms with Gasteiger partial charge in [-0.25, -0.2) is 0 Å². The fourth-order valence-corrected chi connectivity index (χ4v) is 6.01. The summed E-state index contributed by atoms with van der Waals surface area (Å²) in [7, 11) is 0. The molecule has 2 aromatic rings. The van der Waals surface area contributed by atoms with E-state index in [4.69, 9.17) is 10.5 Å². The summed E-state index contributed by atoms with van der Waals surface area (Å²) in [6.45, 7) is 0. The van der Waals surface area contributed by atoms with Crippen molar-refractivity contribution in [3.8, 4) is 11.5 Å². The van der Waals surface area contributed by atoms with Gasteiger partial charge >= 0.3 is 0 Å². The zero-order chi connectivity index (χ0) is 16.1. The first-order valence-corrected chi connectivity index (χ1v) is 9.32. The summed E-state index contributed by atoms with van der Waals surface area (Å²) < 4.78 is 5.95. The Labute approximate surface area is 144 Å². The minimum atomic E-state index is 0.467. The van der Waals surface area contributed by atoms with E-state index in [0.29, 0.717) is 5.41 Å². The quantitative estimate of drug-likeness (QED) is 0.755. The van der Waals surface area contributed by atoms with Crippen LogP contribution in [0.2, 0.25) is 0 Å². The third-order valence-corrected chi connectivity index (χ3v) is 6.62. The second kappa shape index (κ2) is 5.27. The number of hydrogen-bond donors (Lipinski definition) is 1. The number of nitrogen functional groups attached to an aromatic ring is 1. The van der Waals surface area contributed by atoms with E-state index in [-0.39, 0.29) is 0 Å². The monoisotopic (exact) mass is 319 g/mol. The van der Waals surface area contributed by atoms with Crippen LogP contribution < -0.4 is 10.5 Å². The van der Waals surface area contributed by atoms with E-state index >= 15 is 0 Å². The lowest BCUT2D eigenvalue weighted by molar-refractivity contribution is -0.00519. The Hall–Kier alpha value is -1.96. The second-order valence-corrected chi connectivity index (χ2v) is 8.39. The number of hydrogen-bond acceptors (Lipinski definition) is 2. The van der Waals surface area contributed by atoms with Gasteiger partial charge in [-0.15, -0.1) is 0 Å². The van der Waals surface area contributed by atoms with Crippen molar-refractivity contribution in [1.29, 1.82) is 0 Å². The average molecular weight is 319 g/mol. The lowest BCUT2D eigenvalue weighted by Crippen LogP contribution is -2.48. The molecule has 0 unspecified atom stereocenters. The van der Waals surface area contributed by atoms with Crippen molar-refractivity contribution < 1.29 is 4.74 Å². The molecule has 4 fully saturated rings. The summed E-state index contributed by atoms with van der Waals surface area (Å²) in [6.07, 6.45) is 8.73. The van der Waals surface area contributed by atoms with E-state index < -0.39 is 0 Å².